The molecule has 1 rings (SSSR count). The maximum absolute atomic E-state index is 2.43. The van der Waals surface area contributed by atoms with Crippen LogP contribution in [0.1, 0.15) is 135 Å². The first kappa shape index (κ1) is 31.2. The molecular formula is C29H62. The van der Waals surface area contributed by atoms with Gasteiger partial charge < -0.3 is 0 Å². The predicted octanol–water partition coefficient (Wildman–Crippen LogP) is 10.5. The van der Waals surface area contributed by atoms with Crippen LogP contribution >= 0.6 is 0 Å². The molecule has 0 bridgehead atoms. The maximum Gasteiger partial charge on any atom is -0.0329 e. The van der Waals surface area contributed by atoms with Gasteiger partial charge in [0.15, 0.2) is 0 Å². The van der Waals surface area contributed by atoms with E-state index in [0.717, 1.165) is 47.3 Å². The maximum atomic E-state index is 2.43. The number of rotatable bonds is 8. The number of hydrogen-bond donors (Lipinski definition) is 0. The average Bonchev–Trinajstić information content (AvgIpc) is 3.06. The van der Waals surface area contributed by atoms with Crippen LogP contribution in [0.4, 0.5) is 0 Å². The van der Waals surface area contributed by atoms with Crippen molar-refractivity contribution in [1.29, 1.82) is 0 Å². The molecule has 0 spiro atoms. The second-order valence-corrected chi connectivity index (χ2v) is 11.3. The van der Waals surface area contributed by atoms with Crippen molar-refractivity contribution in [3.8, 4) is 0 Å². The standard InChI is InChI=1S/C15H30.C12H26.C2H6/c1-7-12-9-14(10(3)4)15(11(5)6)13(12)8-2;1-7-9-11(8-2)10(3)12(4,5)6;1-2/h10-15H,7-9H2,1-6H3;10-11H,7-9H2,1-6H3;1-2H3. The minimum atomic E-state index is 0.482. The van der Waals surface area contributed by atoms with Gasteiger partial charge in [0.1, 0.15) is 0 Å². The van der Waals surface area contributed by atoms with Crippen LogP contribution in [0.2, 0.25) is 0 Å². The molecule has 0 aromatic heterocycles. The summed E-state index contributed by atoms with van der Waals surface area (Å²) in [5.74, 6) is 7.51. The molecule has 0 aromatic carbocycles. The van der Waals surface area contributed by atoms with E-state index < -0.39 is 0 Å². The smallest absolute Gasteiger partial charge is 0.0329 e. The Bertz CT molecular complexity index is 357. The second-order valence-electron chi connectivity index (χ2n) is 11.3. The summed E-state index contributed by atoms with van der Waals surface area (Å²) < 4.78 is 0. The zero-order valence-electron chi connectivity index (χ0n) is 23.4. The molecular weight excluding hydrogens is 348 g/mol. The molecule has 1 fully saturated rings. The van der Waals surface area contributed by atoms with E-state index in [4.69, 9.17) is 0 Å². The summed E-state index contributed by atoms with van der Waals surface area (Å²) in [7, 11) is 0. The molecule has 0 N–H and O–H groups in total. The highest BCUT2D eigenvalue weighted by molar-refractivity contribution is 4.92. The Labute approximate surface area is 188 Å². The first-order chi connectivity index (χ1) is 13.5. The monoisotopic (exact) mass is 410 g/mol. The lowest BCUT2D eigenvalue weighted by atomic mass is 9.72. The molecule has 1 aliphatic rings. The zero-order chi connectivity index (χ0) is 23.4. The van der Waals surface area contributed by atoms with Crippen LogP contribution in [-0.2, 0) is 0 Å². The molecule has 0 saturated heterocycles. The minimum absolute atomic E-state index is 0.482. The van der Waals surface area contributed by atoms with Gasteiger partial charge in [-0.05, 0) is 59.2 Å². The van der Waals surface area contributed by atoms with Crippen LogP contribution in [0.5, 0.6) is 0 Å². The zero-order valence-corrected chi connectivity index (χ0v) is 23.4. The molecule has 0 heteroatoms. The quantitative estimate of drug-likeness (QED) is 0.373. The third-order valence-corrected chi connectivity index (χ3v) is 8.05. The molecule has 0 nitrogen and oxygen atoms in total. The van der Waals surface area contributed by atoms with Gasteiger partial charge in [-0.1, -0.05) is 129 Å². The first-order valence-electron chi connectivity index (χ1n) is 13.5. The van der Waals surface area contributed by atoms with Crippen molar-refractivity contribution in [3.63, 3.8) is 0 Å². The molecule has 178 valence electrons. The topological polar surface area (TPSA) is 0 Å². The van der Waals surface area contributed by atoms with E-state index in [0.29, 0.717) is 5.41 Å². The van der Waals surface area contributed by atoms with Crippen molar-refractivity contribution in [2.75, 3.05) is 0 Å². The average molecular weight is 411 g/mol. The Morgan fingerprint density at radius 2 is 1.31 bits per heavy atom. The molecule has 0 heterocycles. The highest BCUT2D eigenvalue weighted by atomic mass is 14.5. The van der Waals surface area contributed by atoms with Crippen molar-refractivity contribution in [1.82, 2.24) is 0 Å². The Kier molecular flexibility index (Phi) is 16.9. The van der Waals surface area contributed by atoms with Gasteiger partial charge in [0.25, 0.3) is 0 Å². The fourth-order valence-corrected chi connectivity index (χ4v) is 5.98. The lowest BCUT2D eigenvalue weighted by molar-refractivity contribution is 0.163. The van der Waals surface area contributed by atoms with E-state index in [9.17, 15) is 0 Å². The van der Waals surface area contributed by atoms with Crippen LogP contribution < -0.4 is 0 Å². The Morgan fingerprint density at radius 3 is 1.59 bits per heavy atom. The van der Waals surface area contributed by atoms with Gasteiger partial charge in [-0.25, -0.2) is 0 Å². The van der Waals surface area contributed by atoms with E-state index in [2.05, 4.69) is 83.1 Å². The van der Waals surface area contributed by atoms with Gasteiger partial charge in [-0.2, -0.15) is 0 Å². The summed E-state index contributed by atoms with van der Waals surface area (Å²) in [6.45, 7) is 32.6. The second kappa shape index (κ2) is 15.8. The summed E-state index contributed by atoms with van der Waals surface area (Å²) in [6, 6.07) is 0. The van der Waals surface area contributed by atoms with Crippen LogP contribution in [0, 0.1) is 52.8 Å². The van der Waals surface area contributed by atoms with Crippen LogP contribution in [0.25, 0.3) is 0 Å². The highest BCUT2D eigenvalue weighted by Crippen LogP contribution is 2.50. The summed E-state index contributed by atoms with van der Waals surface area (Å²) in [5.41, 5.74) is 0.482. The van der Waals surface area contributed by atoms with Crippen molar-refractivity contribution in [3.05, 3.63) is 0 Å². The SMILES string of the molecule is CC.CCC1CC(C(C)C)C(C(C)C)C1CC.CCCC(CC)C(C)C(C)(C)C. The summed E-state index contributed by atoms with van der Waals surface area (Å²) in [4.78, 5) is 0. The van der Waals surface area contributed by atoms with Gasteiger partial charge in [-0.15, -0.1) is 0 Å². The number of hydrogen-bond acceptors (Lipinski definition) is 0. The predicted molar refractivity (Wildman–Crippen MR) is 137 cm³/mol. The molecule has 0 aliphatic heterocycles. The molecule has 0 aromatic rings. The van der Waals surface area contributed by atoms with Gasteiger partial charge in [0.2, 0.25) is 0 Å². The lowest BCUT2D eigenvalue weighted by Crippen LogP contribution is -2.25. The van der Waals surface area contributed by atoms with Gasteiger partial charge in [-0.3, -0.25) is 0 Å². The van der Waals surface area contributed by atoms with Crippen LogP contribution in [-0.4, -0.2) is 0 Å². The summed E-state index contributed by atoms with van der Waals surface area (Å²) in [5, 5.41) is 0. The Morgan fingerprint density at radius 1 is 0.793 bits per heavy atom. The third kappa shape index (κ3) is 10.2. The highest BCUT2D eigenvalue weighted by Gasteiger charge is 2.43. The summed E-state index contributed by atoms with van der Waals surface area (Å²) in [6.07, 6.45) is 8.35. The van der Waals surface area contributed by atoms with Gasteiger partial charge in [0, 0.05) is 0 Å². The molecule has 6 unspecified atom stereocenters. The first-order valence-corrected chi connectivity index (χ1v) is 13.5. The van der Waals surface area contributed by atoms with E-state index in [-0.39, 0.29) is 0 Å². The summed E-state index contributed by atoms with van der Waals surface area (Å²) >= 11 is 0. The van der Waals surface area contributed by atoms with Crippen LogP contribution in [0.3, 0.4) is 0 Å². The third-order valence-electron chi connectivity index (χ3n) is 8.05. The van der Waals surface area contributed by atoms with E-state index in [1.807, 2.05) is 13.8 Å². The van der Waals surface area contributed by atoms with Gasteiger partial charge in [0.05, 0.1) is 0 Å². The fraction of sp³-hybridized carbons (Fsp3) is 1.00. The molecule has 1 aliphatic carbocycles. The fourth-order valence-electron chi connectivity index (χ4n) is 5.98. The van der Waals surface area contributed by atoms with E-state index in [1.165, 1.54) is 38.5 Å². The Hall–Kier alpha value is 0. The van der Waals surface area contributed by atoms with E-state index >= 15 is 0 Å². The minimum Gasteiger partial charge on any atom is -0.0683 e. The normalized spacial score (nSPS) is 26.5. The van der Waals surface area contributed by atoms with Crippen LogP contribution in [0.15, 0.2) is 0 Å². The van der Waals surface area contributed by atoms with Crippen molar-refractivity contribution >= 4 is 0 Å². The largest absolute Gasteiger partial charge is 0.0683 e. The van der Waals surface area contributed by atoms with Crippen molar-refractivity contribution in [2.24, 2.45) is 52.8 Å². The van der Waals surface area contributed by atoms with E-state index in [1.54, 1.807) is 0 Å². The molecule has 29 heavy (non-hydrogen) atoms. The van der Waals surface area contributed by atoms with Crippen molar-refractivity contribution < 1.29 is 0 Å². The Balaban J connectivity index is 0. The molecule has 1 saturated carbocycles. The molecule has 0 amide bonds. The van der Waals surface area contributed by atoms with Crippen molar-refractivity contribution in [2.45, 2.75) is 135 Å². The molecule has 6 atom stereocenters. The molecule has 0 radical (unpaired) electrons. The lowest BCUT2D eigenvalue weighted by Gasteiger charge is -2.34. The van der Waals surface area contributed by atoms with Gasteiger partial charge >= 0.3 is 0 Å².